The molecule has 1 atom stereocenters. The Labute approximate surface area is 172 Å². The van der Waals surface area contributed by atoms with Crippen LogP contribution in [0.3, 0.4) is 0 Å². The van der Waals surface area contributed by atoms with Gasteiger partial charge in [-0.15, -0.1) is 0 Å². The molecule has 4 nitrogen and oxygen atoms in total. The first-order valence-electron chi connectivity index (χ1n) is 9.66. The molecule has 1 fully saturated rings. The Hall–Kier alpha value is -1.56. The van der Waals surface area contributed by atoms with Crippen molar-refractivity contribution < 1.29 is 4.42 Å². The third-order valence-corrected chi connectivity index (χ3v) is 5.57. The quantitative estimate of drug-likeness (QED) is 0.635. The summed E-state index contributed by atoms with van der Waals surface area (Å²) >= 11 is 11.6. The molecule has 2 heterocycles. The number of furan rings is 1. The van der Waals surface area contributed by atoms with E-state index in [2.05, 4.69) is 22.0 Å². The first kappa shape index (κ1) is 20.2. The average Bonchev–Trinajstić information content (AvgIpc) is 3.16. The van der Waals surface area contributed by atoms with E-state index >= 15 is 0 Å². The summed E-state index contributed by atoms with van der Waals surface area (Å²) in [6, 6.07) is 11.5. The van der Waals surface area contributed by atoms with Crippen molar-refractivity contribution in [3.05, 3.63) is 53.4 Å². The molecule has 2 aromatic rings. The zero-order valence-corrected chi connectivity index (χ0v) is 17.4. The fourth-order valence-corrected chi connectivity index (χ4v) is 3.95. The number of hydrogen-bond acceptors (Lipinski definition) is 3. The van der Waals surface area contributed by atoms with Crippen molar-refractivity contribution in [2.24, 2.45) is 5.92 Å². The molecule has 1 aliphatic heterocycles. The summed E-state index contributed by atoms with van der Waals surface area (Å²) in [4.78, 5) is 4.76. The Kier molecular flexibility index (Phi) is 7.56. The zero-order valence-electron chi connectivity index (χ0n) is 15.9. The molecule has 27 heavy (non-hydrogen) atoms. The van der Waals surface area contributed by atoms with Crippen LogP contribution in [-0.4, -0.2) is 41.1 Å². The molecule has 6 heteroatoms. The van der Waals surface area contributed by atoms with Crippen molar-refractivity contribution in [1.29, 1.82) is 0 Å². The summed E-state index contributed by atoms with van der Waals surface area (Å²) in [5.41, 5.74) is 0.943. The highest BCUT2D eigenvalue weighted by Gasteiger charge is 2.17. The first-order chi connectivity index (χ1) is 13.1. The van der Waals surface area contributed by atoms with Crippen molar-refractivity contribution in [2.75, 3.05) is 31.5 Å². The summed E-state index contributed by atoms with van der Waals surface area (Å²) in [5.74, 6) is 1.73. The largest absolute Gasteiger partial charge is 0.467 e. The number of thiocarbonyl (C=S) groups is 1. The zero-order chi connectivity index (χ0) is 19.1. The minimum atomic E-state index is 0.669. The number of anilines is 1. The fraction of sp³-hybridized carbons (Fsp3) is 0.476. The Bertz CT molecular complexity index is 705. The Morgan fingerprint density at radius 2 is 2.15 bits per heavy atom. The van der Waals surface area contributed by atoms with Gasteiger partial charge in [-0.1, -0.05) is 18.5 Å². The Balaban J connectivity index is 1.56. The van der Waals surface area contributed by atoms with E-state index in [1.807, 2.05) is 36.4 Å². The lowest BCUT2D eigenvalue weighted by Gasteiger charge is -2.32. The number of rotatable bonds is 7. The molecule has 1 saturated heterocycles. The molecule has 1 N–H and O–H groups in total. The Morgan fingerprint density at radius 1 is 1.33 bits per heavy atom. The van der Waals surface area contributed by atoms with E-state index < -0.39 is 0 Å². The van der Waals surface area contributed by atoms with Gasteiger partial charge in [0, 0.05) is 23.8 Å². The number of nitrogens with zero attached hydrogens (tertiary/aromatic N) is 2. The van der Waals surface area contributed by atoms with Gasteiger partial charge in [-0.25, -0.2) is 0 Å². The minimum Gasteiger partial charge on any atom is -0.467 e. The van der Waals surface area contributed by atoms with Crippen LogP contribution in [0.4, 0.5) is 5.69 Å². The molecule has 3 rings (SSSR count). The van der Waals surface area contributed by atoms with Gasteiger partial charge in [-0.2, -0.15) is 0 Å². The lowest BCUT2D eigenvalue weighted by molar-refractivity contribution is 0.177. The predicted molar refractivity (Wildman–Crippen MR) is 116 cm³/mol. The molecule has 0 radical (unpaired) electrons. The van der Waals surface area contributed by atoms with Crippen LogP contribution in [-0.2, 0) is 6.54 Å². The van der Waals surface area contributed by atoms with Crippen LogP contribution >= 0.6 is 23.8 Å². The van der Waals surface area contributed by atoms with Gasteiger partial charge in [-0.05, 0) is 86.9 Å². The first-order valence-corrected chi connectivity index (χ1v) is 10.4. The molecule has 1 aromatic carbocycles. The van der Waals surface area contributed by atoms with E-state index in [1.165, 1.54) is 25.9 Å². The standard InChI is InChI=1S/C21H28ClN3OS/c1-17-5-2-11-24(15-17)12-4-13-25(16-20-6-3-14-26-20)21(27)23-19-9-7-18(22)8-10-19/h3,6-10,14,17H,2,4-5,11-13,15-16H2,1H3,(H,23,27)/t17-/m0/s1. The number of nitrogens with one attached hydrogen (secondary N) is 1. The van der Waals surface area contributed by atoms with E-state index in [0.717, 1.165) is 41.9 Å². The maximum atomic E-state index is 5.97. The van der Waals surface area contributed by atoms with Crippen LogP contribution < -0.4 is 5.32 Å². The summed E-state index contributed by atoms with van der Waals surface area (Å²) in [7, 11) is 0. The monoisotopic (exact) mass is 405 g/mol. The highest BCUT2D eigenvalue weighted by molar-refractivity contribution is 7.80. The number of halogens is 1. The Morgan fingerprint density at radius 3 is 2.85 bits per heavy atom. The maximum Gasteiger partial charge on any atom is 0.173 e. The number of hydrogen-bond donors (Lipinski definition) is 1. The normalized spacial score (nSPS) is 17.6. The molecular formula is C21H28ClN3OS. The van der Waals surface area contributed by atoms with Crippen LogP contribution in [0.2, 0.25) is 5.02 Å². The van der Waals surface area contributed by atoms with Gasteiger partial charge in [0.1, 0.15) is 5.76 Å². The van der Waals surface area contributed by atoms with Crippen molar-refractivity contribution in [3.8, 4) is 0 Å². The molecular weight excluding hydrogens is 378 g/mol. The van der Waals surface area contributed by atoms with E-state index in [-0.39, 0.29) is 0 Å². The smallest absolute Gasteiger partial charge is 0.173 e. The average molecular weight is 406 g/mol. The van der Waals surface area contributed by atoms with Crippen LogP contribution in [0.5, 0.6) is 0 Å². The third kappa shape index (κ3) is 6.52. The van der Waals surface area contributed by atoms with Gasteiger partial charge >= 0.3 is 0 Å². The summed E-state index contributed by atoms with van der Waals surface area (Å²) in [6.45, 7) is 7.46. The molecule has 0 aliphatic carbocycles. The van der Waals surface area contributed by atoms with Crippen LogP contribution in [0.1, 0.15) is 31.9 Å². The van der Waals surface area contributed by atoms with Gasteiger partial charge in [0.05, 0.1) is 12.8 Å². The fourth-order valence-electron chi connectivity index (χ4n) is 3.55. The van der Waals surface area contributed by atoms with Crippen molar-refractivity contribution >= 4 is 34.6 Å². The molecule has 0 spiro atoms. The highest BCUT2D eigenvalue weighted by atomic mass is 35.5. The maximum absolute atomic E-state index is 5.97. The molecule has 146 valence electrons. The van der Waals surface area contributed by atoms with Crippen molar-refractivity contribution in [1.82, 2.24) is 9.80 Å². The van der Waals surface area contributed by atoms with Crippen molar-refractivity contribution in [3.63, 3.8) is 0 Å². The summed E-state index contributed by atoms with van der Waals surface area (Å²) in [6.07, 6.45) is 5.46. The molecule has 0 bridgehead atoms. The predicted octanol–water partition coefficient (Wildman–Crippen LogP) is 5.25. The van der Waals surface area contributed by atoms with E-state index in [4.69, 9.17) is 28.2 Å². The van der Waals surface area contributed by atoms with Gasteiger partial charge in [0.25, 0.3) is 0 Å². The van der Waals surface area contributed by atoms with Gasteiger partial charge < -0.3 is 19.5 Å². The summed E-state index contributed by atoms with van der Waals surface area (Å²) < 4.78 is 5.53. The van der Waals surface area contributed by atoms with Gasteiger partial charge in [-0.3, -0.25) is 0 Å². The second-order valence-corrected chi connectivity index (χ2v) is 8.16. The van der Waals surface area contributed by atoms with E-state index in [9.17, 15) is 0 Å². The molecule has 1 aromatic heterocycles. The topological polar surface area (TPSA) is 31.6 Å². The van der Waals surface area contributed by atoms with E-state index in [0.29, 0.717) is 11.7 Å². The second-order valence-electron chi connectivity index (χ2n) is 7.34. The summed E-state index contributed by atoms with van der Waals surface area (Å²) in [5, 5.41) is 4.75. The van der Waals surface area contributed by atoms with Crippen LogP contribution in [0, 0.1) is 5.92 Å². The molecule has 0 unspecified atom stereocenters. The lowest BCUT2D eigenvalue weighted by Crippen LogP contribution is -2.39. The van der Waals surface area contributed by atoms with Gasteiger partial charge in [0.15, 0.2) is 5.11 Å². The van der Waals surface area contributed by atoms with Crippen LogP contribution in [0.15, 0.2) is 47.1 Å². The molecule has 1 aliphatic rings. The van der Waals surface area contributed by atoms with Crippen LogP contribution in [0.25, 0.3) is 0 Å². The molecule has 0 saturated carbocycles. The number of piperidine rings is 1. The lowest BCUT2D eigenvalue weighted by atomic mass is 10.0. The minimum absolute atomic E-state index is 0.669. The highest BCUT2D eigenvalue weighted by Crippen LogP contribution is 2.17. The SMILES string of the molecule is C[C@H]1CCCN(CCCN(Cc2ccco2)C(=S)Nc2ccc(Cl)cc2)C1. The molecule has 0 amide bonds. The second kappa shape index (κ2) is 10.1. The van der Waals surface area contributed by atoms with E-state index in [1.54, 1.807) is 6.26 Å². The van der Waals surface area contributed by atoms with Gasteiger partial charge in [0.2, 0.25) is 0 Å². The number of likely N-dealkylation sites (tertiary alicyclic amines) is 1. The van der Waals surface area contributed by atoms with Crippen molar-refractivity contribution in [2.45, 2.75) is 32.7 Å². The third-order valence-electron chi connectivity index (χ3n) is 4.95. The number of benzene rings is 1.